The van der Waals surface area contributed by atoms with Gasteiger partial charge in [-0.15, -0.1) is 21.5 Å². The van der Waals surface area contributed by atoms with E-state index in [0.717, 1.165) is 40.0 Å². The summed E-state index contributed by atoms with van der Waals surface area (Å²) in [5.41, 5.74) is 1.72. The highest BCUT2D eigenvalue weighted by Crippen LogP contribution is 2.42. The van der Waals surface area contributed by atoms with E-state index in [2.05, 4.69) is 26.1 Å². The Morgan fingerprint density at radius 2 is 2.19 bits per heavy atom. The van der Waals surface area contributed by atoms with Gasteiger partial charge in [-0.25, -0.2) is 0 Å². The summed E-state index contributed by atoms with van der Waals surface area (Å²) < 4.78 is 2.19. The maximum Gasteiger partial charge on any atom is 0.237 e. The van der Waals surface area contributed by atoms with Crippen molar-refractivity contribution in [3.05, 3.63) is 46.3 Å². The highest BCUT2D eigenvalue weighted by atomic mass is 35.5. The van der Waals surface area contributed by atoms with Crippen LogP contribution in [0.5, 0.6) is 0 Å². The number of thioether (sulfide) groups is 1. The molecule has 0 aliphatic heterocycles. The first-order valence-corrected chi connectivity index (χ1v) is 10.9. The molecular weight excluding hydrogens is 400 g/mol. The van der Waals surface area contributed by atoms with Crippen LogP contribution in [0.1, 0.15) is 31.4 Å². The van der Waals surface area contributed by atoms with Crippen LogP contribution >= 0.6 is 34.7 Å². The lowest BCUT2D eigenvalue weighted by Crippen LogP contribution is -2.23. The second-order valence-electron chi connectivity index (χ2n) is 6.59. The molecule has 1 aliphatic rings. The Bertz CT molecular complexity index is 966. The van der Waals surface area contributed by atoms with Gasteiger partial charge in [0.1, 0.15) is 0 Å². The first-order valence-electron chi connectivity index (χ1n) is 8.75. The third-order valence-electron chi connectivity index (χ3n) is 4.43. The summed E-state index contributed by atoms with van der Waals surface area (Å²) in [5.74, 6) is 0.821. The van der Waals surface area contributed by atoms with Gasteiger partial charge in [0.25, 0.3) is 0 Å². The predicted octanol–water partition coefficient (Wildman–Crippen LogP) is 5.42. The largest absolute Gasteiger partial charge is 0.325 e. The second kappa shape index (κ2) is 7.66. The Morgan fingerprint density at radius 1 is 1.37 bits per heavy atom. The molecular formula is C19H19ClN4OS2. The van der Waals surface area contributed by atoms with Crippen molar-refractivity contribution in [2.75, 3.05) is 5.32 Å². The van der Waals surface area contributed by atoms with E-state index in [9.17, 15) is 4.79 Å². The molecule has 8 heteroatoms. The zero-order chi connectivity index (χ0) is 19.0. The first kappa shape index (κ1) is 18.5. The molecule has 1 fully saturated rings. The lowest BCUT2D eigenvalue weighted by atomic mass is 10.2. The molecule has 2 heterocycles. The molecule has 1 unspecified atom stereocenters. The Balaban J connectivity index is 1.52. The highest BCUT2D eigenvalue weighted by Gasteiger charge is 2.31. The zero-order valence-electron chi connectivity index (χ0n) is 15.0. The van der Waals surface area contributed by atoms with Crippen molar-refractivity contribution in [3.63, 3.8) is 0 Å². The number of benzene rings is 1. The van der Waals surface area contributed by atoms with Crippen molar-refractivity contribution < 1.29 is 4.79 Å². The van der Waals surface area contributed by atoms with E-state index in [1.165, 1.54) is 11.8 Å². The molecule has 2 aromatic heterocycles. The zero-order valence-corrected chi connectivity index (χ0v) is 17.4. The standard InChI is InChI=1S/C19H19ClN4OS2/c1-11-5-6-13(20)10-15(11)21-18(25)12(2)27-19-23-22-17(16-4-3-9-26-16)24(19)14-7-8-14/h3-6,9-10,12,14H,7-8H2,1-2H3,(H,21,25). The average Bonchev–Trinajstić information content (AvgIpc) is 3.16. The van der Waals surface area contributed by atoms with Crippen LogP contribution in [-0.2, 0) is 4.79 Å². The predicted molar refractivity (Wildman–Crippen MR) is 112 cm³/mol. The van der Waals surface area contributed by atoms with E-state index in [1.54, 1.807) is 17.4 Å². The monoisotopic (exact) mass is 418 g/mol. The van der Waals surface area contributed by atoms with Gasteiger partial charge in [0.2, 0.25) is 5.91 Å². The maximum absolute atomic E-state index is 12.7. The van der Waals surface area contributed by atoms with Crippen molar-refractivity contribution >= 4 is 46.3 Å². The number of hydrogen-bond acceptors (Lipinski definition) is 5. The molecule has 3 aromatic rings. The summed E-state index contributed by atoms with van der Waals surface area (Å²) in [5, 5.41) is 14.9. The lowest BCUT2D eigenvalue weighted by molar-refractivity contribution is -0.115. The van der Waals surface area contributed by atoms with Crippen LogP contribution in [0.3, 0.4) is 0 Å². The molecule has 0 bridgehead atoms. The van der Waals surface area contributed by atoms with E-state index < -0.39 is 0 Å². The minimum atomic E-state index is -0.304. The Labute approximate surface area is 171 Å². The molecule has 0 saturated heterocycles. The van der Waals surface area contributed by atoms with E-state index >= 15 is 0 Å². The third-order valence-corrected chi connectivity index (χ3v) is 6.58. The molecule has 4 rings (SSSR count). The normalized spacial score (nSPS) is 14.9. The quantitative estimate of drug-likeness (QED) is 0.543. The van der Waals surface area contributed by atoms with E-state index in [0.29, 0.717) is 11.1 Å². The van der Waals surface area contributed by atoms with Gasteiger partial charge in [0.15, 0.2) is 11.0 Å². The number of halogens is 1. The summed E-state index contributed by atoms with van der Waals surface area (Å²) >= 11 is 9.14. The molecule has 1 saturated carbocycles. The summed E-state index contributed by atoms with van der Waals surface area (Å²) in [6.45, 7) is 3.83. The van der Waals surface area contributed by atoms with Crippen molar-refractivity contribution in [2.45, 2.75) is 43.1 Å². The van der Waals surface area contributed by atoms with Gasteiger partial charge in [-0.3, -0.25) is 9.36 Å². The molecule has 1 aliphatic carbocycles. The minimum Gasteiger partial charge on any atom is -0.325 e. The minimum absolute atomic E-state index is 0.0756. The van der Waals surface area contributed by atoms with Crippen LogP contribution in [0, 0.1) is 6.92 Å². The number of aromatic nitrogens is 3. The van der Waals surface area contributed by atoms with Crippen LogP contribution in [0.4, 0.5) is 5.69 Å². The van der Waals surface area contributed by atoms with E-state index in [-0.39, 0.29) is 11.2 Å². The highest BCUT2D eigenvalue weighted by molar-refractivity contribution is 8.00. The fourth-order valence-corrected chi connectivity index (χ4v) is 4.56. The van der Waals surface area contributed by atoms with Gasteiger partial charge < -0.3 is 5.32 Å². The van der Waals surface area contributed by atoms with Crippen molar-refractivity contribution in [2.24, 2.45) is 0 Å². The van der Waals surface area contributed by atoms with Gasteiger partial charge in [0, 0.05) is 16.8 Å². The maximum atomic E-state index is 12.7. The van der Waals surface area contributed by atoms with Crippen LogP contribution in [0.25, 0.3) is 10.7 Å². The van der Waals surface area contributed by atoms with E-state index in [1.807, 2.05) is 37.4 Å². The Morgan fingerprint density at radius 3 is 2.89 bits per heavy atom. The number of nitrogens with one attached hydrogen (secondary N) is 1. The molecule has 0 spiro atoms. The summed E-state index contributed by atoms with van der Waals surface area (Å²) in [7, 11) is 0. The number of rotatable bonds is 6. The van der Waals surface area contributed by atoms with Gasteiger partial charge in [-0.2, -0.15) is 0 Å². The summed E-state index contributed by atoms with van der Waals surface area (Å²) in [6.07, 6.45) is 2.26. The van der Waals surface area contributed by atoms with Gasteiger partial charge >= 0.3 is 0 Å². The van der Waals surface area contributed by atoms with Crippen LogP contribution in [0.2, 0.25) is 5.02 Å². The summed E-state index contributed by atoms with van der Waals surface area (Å²) in [4.78, 5) is 13.8. The van der Waals surface area contributed by atoms with Crippen LogP contribution in [0.15, 0.2) is 40.9 Å². The first-order chi connectivity index (χ1) is 13.0. The van der Waals surface area contributed by atoms with E-state index in [4.69, 9.17) is 11.6 Å². The number of aryl methyl sites for hydroxylation is 1. The lowest BCUT2D eigenvalue weighted by Gasteiger charge is -2.14. The van der Waals surface area contributed by atoms with Crippen LogP contribution in [-0.4, -0.2) is 25.9 Å². The number of nitrogens with zero attached hydrogens (tertiary/aromatic N) is 3. The van der Waals surface area contributed by atoms with Crippen molar-refractivity contribution in [1.82, 2.24) is 14.8 Å². The van der Waals surface area contributed by atoms with Crippen LogP contribution < -0.4 is 5.32 Å². The number of thiophene rings is 1. The fraction of sp³-hybridized carbons (Fsp3) is 0.316. The Hall–Kier alpha value is -1.83. The molecule has 1 N–H and O–H groups in total. The van der Waals surface area contributed by atoms with Gasteiger partial charge in [-0.05, 0) is 55.8 Å². The molecule has 5 nitrogen and oxygen atoms in total. The summed E-state index contributed by atoms with van der Waals surface area (Å²) in [6, 6.07) is 9.99. The molecule has 1 atom stereocenters. The number of amides is 1. The number of hydrogen-bond donors (Lipinski definition) is 1. The number of anilines is 1. The molecule has 1 amide bonds. The smallest absolute Gasteiger partial charge is 0.237 e. The molecule has 1 aromatic carbocycles. The van der Waals surface area contributed by atoms with Gasteiger partial charge in [0.05, 0.1) is 10.1 Å². The molecule has 140 valence electrons. The van der Waals surface area contributed by atoms with Crippen molar-refractivity contribution in [1.29, 1.82) is 0 Å². The second-order valence-corrected chi connectivity index (χ2v) is 9.29. The van der Waals surface area contributed by atoms with Crippen molar-refractivity contribution in [3.8, 4) is 10.7 Å². The van der Waals surface area contributed by atoms with Gasteiger partial charge in [-0.1, -0.05) is 35.5 Å². The average molecular weight is 419 g/mol. The SMILES string of the molecule is Cc1ccc(Cl)cc1NC(=O)C(C)Sc1nnc(-c2cccs2)n1C1CC1. The number of carbonyl (C=O) groups excluding carboxylic acids is 1. The number of carbonyl (C=O) groups is 1. The topological polar surface area (TPSA) is 59.8 Å². The Kier molecular flexibility index (Phi) is 5.25. The fourth-order valence-electron chi connectivity index (χ4n) is 2.77. The molecule has 27 heavy (non-hydrogen) atoms. The molecule has 0 radical (unpaired) electrons. The third kappa shape index (κ3) is 4.05.